The Morgan fingerprint density at radius 2 is 2.11 bits per heavy atom. The maximum Gasteiger partial charge on any atom is 0.303 e. The molecule has 194 valence electrons. The standard InChI is InChI=1S/C30H32FNO4S/c1-30(2)11-5-8-24(30)28-20(17-37-29(28)23-13-26(35-3)32-15-25(23)31)16-36-21-7-4-6-19(12-21)22(14-27(33)34)18-9-10-18/h4,6-8,12-13,15,17-18,22H,5,9-11,14,16H2,1-3H3,(H,33,34). The lowest BCUT2D eigenvalue weighted by atomic mass is 9.80. The molecule has 1 fully saturated rings. The fourth-order valence-electron chi connectivity index (χ4n) is 5.37. The van der Waals surface area contributed by atoms with Crippen LogP contribution < -0.4 is 9.47 Å². The molecule has 5 rings (SSSR count). The molecule has 1 N–H and O–H groups in total. The van der Waals surface area contributed by atoms with E-state index in [2.05, 4.69) is 24.9 Å². The first-order chi connectivity index (χ1) is 17.8. The van der Waals surface area contributed by atoms with E-state index >= 15 is 0 Å². The van der Waals surface area contributed by atoms with Crippen LogP contribution in [-0.4, -0.2) is 23.2 Å². The van der Waals surface area contributed by atoms with E-state index in [1.54, 1.807) is 6.07 Å². The summed E-state index contributed by atoms with van der Waals surface area (Å²) in [7, 11) is 1.53. The molecule has 2 aliphatic rings. The smallest absolute Gasteiger partial charge is 0.303 e. The molecule has 2 aromatic heterocycles. The van der Waals surface area contributed by atoms with E-state index in [0.29, 0.717) is 29.7 Å². The number of hydrogen-bond acceptors (Lipinski definition) is 5. The topological polar surface area (TPSA) is 68.7 Å². The summed E-state index contributed by atoms with van der Waals surface area (Å²) < 4.78 is 26.5. The van der Waals surface area contributed by atoms with E-state index in [0.717, 1.165) is 47.3 Å². The number of carboxylic acid groups (broad SMARTS) is 1. The van der Waals surface area contributed by atoms with Crippen molar-refractivity contribution >= 4 is 22.9 Å². The molecule has 0 radical (unpaired) electrons. The Balaban J connectivity index is 1.47. The van der Waals surface area contributed by atoms with Gasteiger partial charge in [0.05, 0.1) is 19.7 Å². The van der Waals surface area contributed by atoms with Crippen LogP contribution in [-0.2, 0) is 11.4 Å². The van der Waals surface area contributed by atoms with E-state index in [4.69, 9.17) is 9.47 Å². The summed E-state index contributed by atoms with van der Waals surface area (Å²) >= 11 is 1.50. The van der Waals surface area contributed by atoms with Gasteiger partial charge in [-0.15, -0.1) is 11.3 Å². The zero-order valence-corrected chi connectivity index (χ0v) is 22.2. The summed E-state index contributed by atoms with van der Waals surface area (Å²) in [4.78, 5) is 16.3. The Morgan fingerprint density at radius 3 is 2.78 bits per heavy atom. The number of carbonyl (C=O) groups is 1. The maximum atomic E-state index is 15.0. The summed E-state index contributed by atoms with van der Waals surface area (Å²) in [5.41, 5.74) is 4.70. The largest absolute Gasteiger partial charge is 0.489 e. The van der Waals surface area contributed by atoms with Crippen LogP contribution in [0.3, 0.4) is 0 Å². The number of methoxy groups -OCH3 is 1. The van der Waals surface area contributed by atoms with Crippen molar-refractivity contribution in [2.24, 2.45) is 11.3 Å². The van der Waals surface area contributed by atoms with Crippen LogP contribution >= 0.6 is 11.3 Å². The zero-order valence-electron chi connectivity index (χ0n) is 21.4. The molecule has 3 aromatic rings. The molecule has 0 spiro atoms. The van der Waals surface area contributed by atoms with E-state index in [1.807, 2.05) is 29.6 Å². The Labute approximate surface area is 221 Å². The predicted molar refractivity (Wildman–Crippen MR) is 144 cm³/mol. The number of halogens is 1. The molecule has 1 atom stereocenters. The second-order valence-corrected chi connectivity index (χ2v) is 11.5. The molecule has 1 unspecified atom stereocenters. The number of carboxylic acids is 1. The van der Waals surface area contributed by atoms with E-state index < -0.39 is 5.97 Å². The number of aromatic nitrogens is 1. The van der Waals surface area contributed by atoms with Crippen LogP contribution in [0.4, 0.5) is 4.39 Å². The number of pyridine rings is 1. The van der Waals surface area contributed by atoms with Crippen LogP contribution in [0.2, 0.25) is 0 Å². The van der Waals surface area contributed by atoms with Crippen molar-refractivity contribution in [2.45, 2.75) is 58.5 Å². The van der Waals surface area contributed by atoms with Crippen molar-refractivity contribution in [1.82, 2.24) is 4.98 Å². The van der Waals surface area contributed by atoms with E-state index in [9.17, 15) is 14.3 Å². The predicted octanol–water partition coefficient (Wildman–Crippen LogP) is 7.71. The van der Waals surface area contributed by atoms with Gasteiger partial charge < -0.3 is 14.6 Å². The van der Waals surface area contributed by atoms with E-state index in [-0.39, 0.29) is 23.6 Å². The molecule has 7 heteroatoms. The summed E-state index contributed by atoms with van der Waals surface area (Å²) in [6.45, 7) is 4.79. The molecular weight excluding hydrogens is 489 g/mol. The molecule has 37 heavy (non-hydrogen) atoms. The van der Waals surface area contributed by atoms with Gasteiger partial charge in [0.2, 0.25) is 5.88 Å². The van der Waals surface area contributed by atoms with Crippen LogP contribution in [0.15, 0.2) is 48.0 Å². The number of hydrogen-bond donors (Lipinski definition) is 1. The van der Waals surface area contributed by atoms with Crippen LogP contribution in [0, 0.1) is 17.2 Å². The highest BCUT2D eigenvalue weighted by molar-refractivity contribution is 7.14. The first-order valence-corrected chi connectivity index (χ1v) is 13.6. The van der Waals surface area contributed by atoms with Gasteiger partial charge in [0.25, 0.3) is 0 Å². The molecule has 1 saturated carbocycles. The molecule has 0 aliphatic heterocycles. The minimum atomic E-state index is -0.772. The molecule has 0 bridgehead atoms. The molecule has 1 aromatic carbocycles. The van der Waals surface area contributed by atoms with Crippen LogP contribution in [0.25, 0.3) is 16.0 Å². The number of ether oxygens (including phenoxy) is 2. The Morgan fingerprint density at radius 1 is 1.30 bits per heavy atom. The molecule has 2 aliphatic carbocycles. The Kier molecular flexibility index (Phi) is 7.08. The van der Waals surface area contributed by atoms with Crippen LogP contribution in [0.5, 0.6) is 11.6 Å². The van der Waals surface area contributed by atoms with Gasteiger partial charge in [0, 0.05) is 27.6 Å². The first-order valence-electron chi connectivity index (χ1n) is 12.7. The third-order valence-corrected chi connectivity index (χ3v) is 8.60. The van der Waals surface area contributed by atoms with Gasteiger partial charge >= 0.3 is 5.97 Å². The Hall–Kier alpha value is -3.19. The lowest BCUT2D eigenvalue weighted by Crippen LogP contribution is -2.11. The van der Waals surface area contributed by atoms with Gasteiger partial charge in [-0.1, -0.05) is 32.1 Å². The summed E-state index contributed by atoms with van der Waals surface area (Å²) in [5.74, 6) is 0.371. The minimum absolute atomic E-state index is 0.0125. The fourth-order valence-corrected chi connectivity index (χ4v) is 6.46. The average molecular weight is 522 g/mol. The highest BCUT2D eigenvalue weighted by Crippen LogP contribution is 2.50. The second kappa shape index (κ2) is 10.3. The molecule has 2 heterocycles. The van der Waals surface area contributed by atoms with Crippen molar-refractivity contribution in [2.75, 3.05) is 7.11 Å². The Bertz CT molecular complexity index is 1340. The third-order valence-electron chi connectivity index (χ3n) is 7.53. The highest BCUT2D eigenvalue weighted by atomic mass is 32.1. The quantitative estimate of drug-likeness (QED) is 0.296. The summed E-state index contributed by atoms with van der Waals surface area (Å²) in [5, 5.41) is 11.4. The van der Waals surface area contributed by atoms with Gasteiger partial charge in [0.1, 0.15) is 18.2 Å². The summed E-state index contributed by atoms with van der Waals surface area (Å²) in [6.07, 6.45) is 7.77. The maximum absolute atomic E-state index is 15.0. The van der Waals surface area contributed by atoms with Gasteiger partial charge in [0.15, 0.2) is 0 Å². The van der Waals surface area contributed by atoms with Crippen molar-refractivity contribution in [3.63, 3.8) is 0 Å². The van der Waals surface area contributed by atoms with Gasteiger partial charge in [-0.2, -0.15) is 0 Å². The number of aliphatic carboxylic acids is 1. The number of nitrogens with zero attached hydrogens (tertiary/aromatic N) is 1. The lowest BCUT2D eigenvalue weighted by Gasteiger charge is -2.24. The second-order valence-electron chi connectivity index (χ2n) is 10.6. The molecular formula is C30H32FNO4S. The molecule has 5 nitrogen and oxygen atoms in total. The third kappa shape index (κ3) is 5.42. The number of benzene rings is 1. The number of allylic oxidation sites excluding steroid dienone is 2. The average Bonchev–Trinajstić information content (AvgIpc) is 3.54. The van der Waals surface area contributed by atoms with Gasteiger partial charge in [-0.05, 0) is 71.6 Å². The van der Waals surface area contributed by atoms with E-state index in [1.165, 1.54) is 30.2 Å². The normalized spacial score (nSPS) is 17.4. The van der Waals surface area contributed by atoms with Gasteiger partial charge in [-0.3, -0.25) is 4.79 Å². The molecule has 0 amide bonds. The van der Waals surface area contributed by atoms with Gasteiger partial charge in [-0.25, -0.2) is 9.37 Å². The lowest BCUT2D eigenvalue weighted by molar-refractivity contribution is -0.137. The highest BCUT2D eigenvalue weighted by Gasteiger charge is 2.35. The number of thiophene rings is 1. The van der Waals surface area contributed by atoms with Crippen molar-refractivity contribution < 1.29 is 23.8 Å². The van der Waals surface area contributed by atoms with Crippen molar-refractivity contribution in [1.29, 1.82) is 0 Å². The summed E-state index contributed by atoms with van der Waals surface area (Å²) in [6, 6.07) is 9.47. The minimum Gasteiger partial charge on any atom is -0.489 e. The first kappa shape index (κ1) is 25.5. The monoisotopic (exact) mass is 521 g/mol. The van der Waals surface area contributed by atoms with Crippen molar-refractivity contribution in [3.8, 4) is 22.1 Å². The van der Waals surface area contributed by atoms with Crippen LogP contribution in [0.1, 0.15) is 68.6 Å². The fraction of sp³-hybridized carbons (Fsp3) is 0.400. The SMILES string of the molecule is COc1cc(-c2scc(COc3cccc(C(CC(=O)O)C4CC4)c3)c2C2=CCCC2(C)C)c(F)cn1. The zero-order chi connectivity index (χ0) is 26.2. The molecule has 0 saturated heterocycles. The van der Waals surface area contributed by atoms with Crippen molar-refractivity contribution in [3.05, 3.63) is 70.5 Å². The number of rotatable bonds is 10.